The van der Waals surface area contributed by atoms with Crippen molar-refractivity contribution >= 4 is 11.5 Å². The average Bonchev–Trinajstić information content (AvgIpc) is 2.47. The summed E-state index contributed by atoms with van der Waals surface area (Å²) in [7, 11) is 1.88. The molecular weight excluding hydrogens is 152 g/mol. The van der Waals surface area contributed by atoms with Crippen molar-refractivity contribution < 1.29 is 0 Å². The predicted molar refractivity (Wildman–Crippen MR) is 50.2 cm³/mol. The molecule has 1 aromatic rings. The molecule has 1 N–H and O–H groups in total. The largest absolute Gasteiger partial charge is 0.274 e. The Hall–Kier alpha value is -1.32. The zero-order chi connectivity index (χ0) is 8.97. The van der Waals surface area contributed by atoms with Crippen LogP contribution in [0.1, 0.15) is 20.3 Å². The van der Waals surface area contributed by atoms with Gasteiger partial charge in [-0.05, 0) is 13.3 Å². The van der Waals surface area contributed by atoms with E-state index in [0.717, 1.165) is 18.0 Å². The van der Waals surface area contributed by atoms with E-state index in [1.165, 1.54) is 0 Å². The molecule has 0 aromatic carbocycles. The molecule has 0 fully saturated rings. The maximum absolute atomic E-state index is 4.12. The van der Waals surface area contributed by atoms with Crippen LogP contribution in [0.4, 0.5) is 5.82 Å². The highest BCUT2D eigenvalue weighted by molar-refractivity contribution is 5.82. The molecule has 0 bridgehead atoms. The zero-order valence-corrected chi connectivity index (χ0v) is 7.70. The molecule has 12 heavy (non-hydrogen) atoms. The third-order valence-corrected chi connectivity index (χ3v) is 1.59. The van der Waals surface area contributed by atoms with Crippen LogP contribution in [-0.4, -0.2) is 15.5 Å². The first-order chi connectivity index (χ1) is 5.72. The molecule has 0 saturated heterocycles. The van der Waals surface area contributed by atoms with E-state index in [0.29, 0.717) is 0 Å². The second-order valence-corrected chi connectivity index (χ2v) is 2.69. The Kier molecular flexibility index (Phi) is 2.85. The maximum Gasteiger partial charge on any atom is 0.168 e. The average molecular weight is 166 g/mol. The molecule has 66 valence electrons. The van der Waals surface area contributed by atoms with Crippen LogP contribution in [-0.2, 0) is 7.05 Å². The van der Waals surface area contributed by atoms with Gasteiger partial charge in [-0.3, -0.25) is 10.1 Å². The van der Waals surface area contributed by atoms with Crippen molar-refractivity contribution in [3.8, 4) is 0 Å². The van der Waals surface area contributed by atoms with Gasteiger partial charge in [0, 0.05) is 25.0 Å². The molecule has 0 saturated carbocycles. The Labute approximate surface area is 72.3 Å². The number of hydrogen-bond donors (Lipinski definition) is 1. The van der Waals surface area contributed by atoms with Crippen LogP contribution in [0.2, 0.25) is 0 Å². The second kappa shape index (κ2) is 3.90. The second-order valence-electron chi connectivity index (χ2n) is 2.69. The molecule has 0 radical (unpaired) electrons. The van der Waals surface area contributed by atoms with E-state index in [2.05, 4.69) is 22.5 Å². The molecule has 0 amide bonds. The highest BCUT2D eigenvalue weighted by Crippen LogP contribution is 2.00. The summed E-state index contributed by atoms with van der Waals surface area (Å²) in [5.41, 5.74) is 3.94. The lowest BCUT2D eigenvalue weighted by molar-refractivity contribution is 0.769. The zero-order valence-electron chi connectivity index (χ0n) is 7.70. The number of nitrogens with zero attached hydrogens (tertiary/aromatic N) is 3. The molecule has 0 spiro atoms. The van der Waals surface area contributed by atoms with Crippen molar-refractivity contribution in [2.75, 3.05) is 5.43 Å². The summed E-state index contributed by atoms with van der Waals surface area (Å²) in [6, 6.07) is 1.88. The number of rotatable bonds is 3. The van der Waals surface area contributed by atoms with E-state index in [1.54, 1.807) is 4.68 Å². The minimum atomic E-state index is 0.783. The van der Waals surface area contributed by atoms with Gasteiger partial charge in [-0.2, -0.15) is 10.2 Å². The first kappa shape index (κ1) is 8.77. The van der Waals surface area contributed by atoms with Gasteiger partial charge in [0.05, 0.1) is 0 Å². The van der Waals surface area contributed by atoms with Gasteiger partial charge in [0.1, 0.15) is 0 Å². The van der Waals surface area contributed by atoms with Gasteiger partial charge >= 0.3 is 0 Å². The monoisotopic (exact) mass is 166 g/mol. The lowest BCUT2D eigenvalue weighted by atomic mass is 10.3. The summed E-state index contributed by atoms with van der Waals surface area (Å²) in [5, 5.41) is 8.23. The molecule has 0 atom stereocenters. The molecule has 0 aliphatic carbocycles. The topological polar surface area (TPSA) is 42.2 Å². The van der Waals surface area contributed by atoms with Crippen molar-refractivity contribution in [2.24, 2.45) is 12.1 Å². The number of hydrazone groups is 1. The standard InChI is InChI=1S/C8H14N4/c1-4-7(2)9-10-8-5-6-12(3)11-8/h5-6H,4H2,1-3H3,(H,10,11)/b9-7+. The Morgan fingerprint density at radius 1 is 1.75 bits per heavy atom. The Bertz CT molecular complexity index is 274. The van der Waals surface area contributed by atoms with E-state index in [-0.39, 0.29) is 0 Å². The number of anilines is 1. The van der Waals surface area contributed by atoms with Crippen LogP contribution in [0, 0.1) is 0 Å². The van der Waals surface area contributed by atoms with Crippen LogP contribution >= 0.6 is 0 Å². The van der Waals surface area contributed by atoms with Gasteiger partial charge in [0.15, 0.2) is 5.82 Å². The molecule has 1 rings (SSSR count). The van der Waals surface area contributed by atoms with Gasteiger partial charge in [-0.1, -0.05) is 6.92 Å². The predicted octanol–water partition coefficient (Wildman–Crippen LogP) is 1.62. The summed E-state index contributed by atoms with van der Waals surface area (Å²) in [6.45, 7) is 4.05. The minimum Gasteiger partial charge on any atom is -0.274 e. The molecule has 0 unspecified atom stereocenters. The van der Waals surface area contributed by atoms with Gasteiger partial charge in [0.2, 0.25) is 0 Å². The normalized spacial score (nSPS) is 11.8. The first-order valence-electron chi connectivity index (χ1n) is 4.01. The maximum atomic E-state index is 4.12. The summed E-state index contributed by atoms with van der Waals surface area (Å²) >= 11 is 0. The van der Waals surface area contributed by atoms with Crippen LogP contribution in [0.5, 0.6) is 0 Å². The number of aromatic nitrogens is 2. The fourth-order valence-corrected chi connectivity index (χ4v) is 0.706. The fraction of sp³-hybridized carbons (Fsp3) is 0.500. The molecule has 0 aliphatic rings. The van der Waals surface area contributed by atoms with Crippen LogP contribution in [0.3, 0.4) is 0 Å². The number of nitrogens with one attached hydrogen (secondary N) is 1. The van der Waals surface area contributed by atoms with Gasteiger partial charge < -0.3 is 0 Å². The lowest BCUT2D eigenvalue weighted by Crippen LogP contribution is -1.97. The van der Waals surface area contributed by atoms with E-state index in [9.17, 15) is 0 Å². The lowest BCUT2D eigenvalue weighted by Gasteiger charge is -1.96. The number of aryl methyl sites for hydroxylation is 1. The molecule has 4 nitrogen and oxygen atoms in total. The minimum absolute atomic E-state index is 0.783. The Balaban J connectivity index is 2.53. The quantitative estimate of drug-likeness (QED) is 0.547. The molecule has 1 heterocycles. The fourth-order valence-electron chi connectivity index (χ4n) is 0.706. The van der Waals surface area contributed by atoms with Gasteiger partial charge in [0.25, 0.3) is 0 Å². The molecular formula is C8H14N4. The van der Waals surface area contributed by atoms with Crippen molar-refractivity contribution in [3.05, 3.63) is 12.3 Å². The van der Waals surface area contributed by atoms with Gasteiger partial charge in [-0.15, -0.1) is 0 Å². The Morgan fingerprint density at radius 3 is 3.00 bits per heavy atom. The third-order valence-electron chi connectivity index (χ3n) is 1.59. The van der Waals surface area contributed by atoms with Crippen molar-refractivity contribution in [3.63, 3.8) is 0 Å². The van der Waals surface area contributed by atoms with Crippen LogP contribution in [0.15, 0.2) is 17.4 Å². The Morgan fingerprint density at radius 2 is 2.50 bits per heavy atom. The van der Waals surface area contributed by atoms with E-state index in [1.807, 2.05) is 26.2 Å². The number of hydrogen-bond acceptors (Lipinski definition) is 3. The van der Waals surface area contributed by atoms with Crippen LogP contribution < -0.4 is 5.43 Å². The SMILES string of the molecule is CC/C(C)=N/Nc1ccn(C)n1. The summed E-state index contributed by atoms with van der Waals surface area (Å²) < 4.78 is 1.74. The van der Waals surface area contributed by atoms with Crippen LogP contribution in [0.25, 0.3) is 0 Å². The van der Waals surface area contributed by atoms with E-state index < -0.39 is 0 Å². The van der Waals surface area contributed by atoms with Gasteiger partial charge in [-0.25, -0.2) is 0 Å². The summed E-state index contributed by atoms with van der Waals surface area (Å²) in [6.07, 6.45) is 2.83. The first-order valence-corrected chi connectivity index (χ1v) is 4.01. The van der Waals surface area contributed by atoms with E-state index in [4.69, 9.17) is 0 Å². The van der Waals surface area contributed by atoms with Crippen molar-refractivity contribution in [2.45, 2.75) is 20.3 Å². The smallest absolute Gasteiger partial charge is 0.168 e. The highest BCUT2D eigenvalue weighted by Gasteiger charge is 1.92. The molecule has 4 heteroatoms. The molecule has 1 aromatic heterocycles. The molecule has 0 aliphatic heterocycles. The third kappa shape index (κ3) is 2.38. The van der Waals surface area contributed by atoms with E-state index >= 15 is 0 Å². The van der Waals surface area contributed by atoms with Crippen molar-refractivity contribution in [1.29, 1.82) is 0 Å². The highest BCUT2D eigenvalue weighted by atomic mass is 15.4. The summed E-state index contributed by atoms with van der Waals surface area (Å²) in [4.78, 5) is 0. The van der Waals surface area contributed by atoms with Crippen molar-refractivity contribution in [1.82, 2.24) is 9.78 Å². The summed E-state index contributed by atoms with van der Waals surface area (Å²) in [5.74, 6) is 0.783.